The van der Waals surface area contributed by atoms with E-state index in [4.69, 9.17) is 14.6 Å². The van der Waals surface area contributed by atoms with E-state index in [0.717, 1.165) is 6.26 Å². The van der Waals surface area contributed by atoms with Crippen molar-refractivity contribution in [2.24, 2.45) is 0 Å². The lowest BCUT2D eigenvalue weighted by atomic mass is 10.3. The first-order valence-corrected chi connectivity index (χ1v) is 4.33. The van der Waals surface area contributed by atoms with Crippen LogP contribution in [0.15, 0.2) is 16.7 Å². The Hall–Kier alpha value is -1.82. The lowest BCUT2D eigenvalue weighted by Crippen LogP contribution is -2.17. The molecular formula is C9H11NO5. The molecule has 6 nitrogen and oxygen atoms in total. The molecule has 0 fully saturated rings. The second kappa shape index (κ2) is 5.16. The monoisotopic (exact) mass is 213 g/mol. The molecular weight excluding hydrogens is 202 g/mol. The summed E-state index contributed by atoms with van der Waals surface area (Å²) >= 11 is 0. The number of hydrogen-bond donors (Lipinski definition) is 3. The molecule has 1 heterocycles. The molecule has 1 aromatic rings. The highest BCUT2D eigenvalue weighted by Gasteiger charge is 2.07. The summed E-state index contributed by atoms with van der Waals surface area (Å²) in [5.41, 5.74) is 0.0880. The van der Waals surface area contributed by atoms with Crippen LogP contribution >= 0.6 is 0 Å². The summed E-state index contributed by atoms with van der Waals surface area (Å²) in [6.07, 6.45) is 1.17. The summed E-state index contributed by atoms with van der Waals surface area (Å²) in [5, 5.41) is 19.7. The molecule has 6 heteroatoms. The molecule has 82 valence electrons. The molecule has 0 aliphatic carbocycles. The summed E-state index contributed by atoms with van der Waals surface area (Å²) in [6, 6.07) is 1.40. The van der Waals surface area contributed by atoms with E-state index < -0.39 is 11.9 Å². The van der Waals surface area contributed by atoms with Crippen molar-refractivity contribution in [1.29, 1.82) is 0 Å². The molecule has 0 aliphatic rings. The summed E-state index contributed by atoms with van der Waals surface area (Å²) < 4.78 is 4.94. The van der Waals surface area contributed by atoms with Gasteiger partial charge in [-0.25, -0.2) is 4.79 Å². The number of carboxylic acid groups (broad SMARTS) is 2. The molecule has 0 radical (unpaired) electrons. The number of aromatic carboxylic acids is 1. The van der Waals surface area contributed by atoms with Gasteiger partial charge in [0, 0.05) is 6.54 Å². The number of aliphatic carboxylic acids is 1. The fourth-order valence-corrected chi connectivity index (χ4v) is 0.992. The fraction of sp³-hybridized carbons (Fsp3) is 0.333. The van der Waals surface area contributed by atoms with Gasteiger partial charge in [-0.05, 0) is 6.07 Å². The molecule has 1 rings (SSSR count). The summed E-state index contributed by atoms with van der Waals surface area (Å²) in [5.74, 6) is -1.46. The van der Waals surface area contributed by atoms with E-state index in [9.17, 15) is 9.59 Å². The quantitative estimate of drug-likeness (QED) is 0.596. The van der Waals surface area contributed by atoms with Crippen molar-refractivity contribution in [3.8, 4) is 0 Å². The summed E-state index contributed by atoms with van der Waals surface area (Å²) in [4.78, 5) is 20.6. The Morgan fingerprint density at radius 1 is 1.40 bits per heavy atom. The van der Waals surface area contributed by atoms with E-state index in [0.29, 0.717) is 18.8 Å². The molecule has 0 saturated heterocycles. The van der Waals surface area contributed by atoms with Crippen LogP contribution in [0.2, 0.25) is 0 Å². The second-order valence-corrected chi connectivity index (χ2v) is 2.93. The Morgan fingerprint density at radius 2 is 2.13 bits per heavy atom. The lowest BCUT2D eigenvalue weighted by molar-refractivity contribution is -0.136. The lowest BCUT2D eigenvalue weighted by Gasteiger charge is -1.98. The van der Waals surface area contributed by atoms with Crippen LogP contribution in [0, 0.1) is 0 Å². The molecule has 0 spiro atoms. The van der Waals surface area contributed by atoms with E-state index >= 15 is 0 Å². The Morgan fingerprint density at radius 3 is 2.67 bits per heavy atom. The minimum atomic E-state index is -1.05. The van der Waals surface area contributed by atoms with Crippen molar-refractivity contribution in [3.63, 3.8) is 0 Å². The summed E-state index contributed by atoms with van der Waals surface area (Å²) in [7, 11) is 0. The average molecular weight is 213 g/mol. The Kier molecular flexibility index (Phi) is 3.87. The van der Waals surface area contributed by atoms with Gasteiger partial charge in [-0.2, -0.15) is 0 Å². The third-order valence-electron chi connectivity index (χ3n) is 1.72. The standard InChI is InChI=1S/C9H11NO5/c11-8(12)1-2-10-4-7-3-6(5-15-7)9(13)14/h3,5,10H,1-2,4H2,(H,11,12)(H,13,14). The molecule has 0 bridgehead atoms. The number of carbonyl (C=O) groups is 2. The number of furan rings is 1. The van der Waals surface area contributed by atoms with Crippen molar-refractivity contribution in [2.75, 3.05) is 6.54 Å². The van der Waals surface area contributed by atoms with Crippen LogP contribution in [-0.2, 0) is 11.3 Å². The van der Waals surface area contributed by atoms with Crippen LogP contribution in [0.5, 0.6) is 0 Å². The van der Waals surface area contributed by atoms with Gasteiger partial charge in [0.05, 0.1) is 18.5 Å². The van der Waals surface area contributed by atoms with Gasteiger partial charge in [0.15, 0.2) is 0 Å². The van der Waals surface area contributed by atoms with Crippen LogP contribution in [0.3, 0.4) is 0 Å². The highest BCUT2D eigenvalue weighted by Crippen LogP contribution is 2.07. The van der Waals surface area contributed by atoms with Gasteiger partial charge in [0.25, 0.3) is 0 Å². The van der Waals surface area contributed by atoms with Crippen molar-refractivity contribution < 1.29 is 24.2 Å². The third kappa shape index (κ3) is 3.82. The van der Waals surface area contributed by atoms with Crippen LogP contribution in [0.1, 0.15) is 22.5 Å². The molecule has 0 aromatic carbocycles. The normalized spacial score (nSPS) is 10.1. The topological polar surface area (TPSA) is 99.8 Å². The van der Waals surface area contributed by atoms with Gasteiger partial charge >= 0.3 is 11.9 Å². The van der Waals surface area contributed by atoms with Gasteiger partial charge in [0.2, 0.25) is 0 Å². The third-order valence-corrected chi connectivity index (χ3v) is 1.72. The van der Waals surface area contributed by atoms with E-state index in [1.165, 1.54) is 6.07 Å². The molecule has 0 saturated carbocycles. The van der Waals surface area contributed by atoms with Crippen molar-refractivity contribution >= 4 is 11.9 Å². The predicted octanol–water partition coefficient (Wildman–Crippen LogP) is 0.542. The maximum atomic E-state index is 10.5. The van der Waals surface area contributed by atoms with Crippen LogP contribution in [-0.4, -0.2) is 28.7 Å². The van der Waals surface area contributed by atoms with Gasteiger partial charge in [-0.1, -0.05) is 0 Å². The fourth-order valence-electron chi connectivity index (χ4n) is 0.992. The Balaban J connectivity index is 2.31. The molecule has 0 unspecified atom stereocenters. The van der Waals surface area contributed by atoms with E-state index in [1.807, 2.05) is 0 Å². The van der Waals surface area contributed by atoms with Crippen molar-refractivity contribution in [2.45, 2.75) is 13.0 Å². The van der Waals surface area contributed by atoms with E-state index in [2.05, 4.69) is 5.32 Å². The number of nitrogens with one attached hydrogen (secondary N) is 1. The van der Waals surface area contributed by atoms with Gasteiger partial charge in [-0.15, -0.1) is 0 Å². The molecule has 1 aromatic heterocycles. The maximum absolute atomic E-state index is 10.5. The van der Waals surface area contributed by atoms with E-state index in [1.54, 1.807) is 0 Å². The van der Waals surface area contributed by atoms with Crippen LogP contribution in [0.25, 0.3) is 0 Å². The van der Waals surface area contributed by atoms with Gasteiger partial charge in [0.1, 0.15) is 12.0 Å². The smallest absolute Gasteiger partial charge is 0.338 e. The molecule has 15 heavy (non-hydrogen) atoms. The SMILES string of the molecule is O=C(O)CCNCc1cc(C(=O)O)co1. The zero-order valence-electron chi connectivity index (χ0n) is 7.90. The van der Waals surface area contributed by atoms with Crippen LogP contribution < -0.4 is 5.32 Å². The Bertz CT molecular complexity index is 357. The zero-order chi connectivity index (χ0) is 11.3. The van der Waals surface area contributed by atoms with Crippen LogP contribution in [0.4, 0.5) is 0 Å². The van der Waals surface area contributed by atoms with Gasteiger partial charge in [-0.3, -0.25) is 4.79 Å². The minimum Gasteiger partial charge on any atom is -0.481 e. The first-order valence-electron chi connectivity index (χ1n) is 4.33. The molecule has 0 amide bonds. The molecule has 3 N–H and O–H groups in total. The van der Waals surface area contributed by atoms with Crippen molar-refractivity contribution in [3.05, 3.63) is 23.7 Å². The summed E-state index contributed by atoms with van der Waals surface area (Å²) in [6.45, 7) is 0.638. The van der Waals surface area contributed by atoms with Crippen molar-refractivity contribution in [1.82, 2.24) is 5.32 Å². The minimum absolute atomic E-state index is 0.0203. The first-order chi connectivity index (χ1) is 7.09. The molecule has 0 aliphatic heterocycles. The maximum Gasteiger partial charge on any atom is 0.338 e. The largest absolute Gasteiger partial charge is 0.481 e. The van der Waals surface area contributed by atoms with Gasteiger partial charge < -0.3 is 19.9 Å². The average Bonchev–Trinajstić information content (AvgIpc) is 2.60. The number of hydrogen-bond acceptors (Lipinski definition) is 4. The number of rotatable bonds is 6. The highest BCUT2D eigenvalue weighted by molar-refractivity contribution is 5.87. The zero-order valence-corrected chi connectivity index (χ0v) is 7.90. The molecule has 0 atom stereocenters. The van der Waals surface area contributed by atoms with E-state index in [-0.39, 0.29) is 12.0 Å². The predicted molar refractivity (Wildman–Crippen MR) is 49.6 cm³/mol. The highest BCUT2D eigenvalue weighted by atomic mass is 16.4. The number of carboxylic acids is 2. The Labute approximate surface area is 85.5 Å². The first kappa shape index (κ1) is 11.3. The second-order valence-electron chi connectivity index (χ2n) is 2.93.